The van der Waals surface area contributed by atoms with E-state index in [1.165, 1.54) is 10.6 Å². The number of rotatable bonds is 7. The van der Waals surface area contributed by atoms with Crippen LogP contribution in [0.1, 0.15) is 30.1 Å². The van der Waals surface area contributed by atoms with E-state index in [1.54, 1.807) is 26.4 Å². The standard InChI is InChI=1S/C26H29FN4O4/c1-30-23-13-21(27)16(11-25(23)35-26(30)33)14-29-17-6-9-31(10-7-17)15-24(32)19-5-8-28-22-4-3-18(34-2)12-20(19)22/h3-5,8,11-13,17,24,29,32H,6-7,9-10,14-15H2,1-2H3/t24-/m1/s1. The summed E-state index contributed by atoms with van der Waals surface area (Å²) in [7, 11) is 3.18. The first-order valence-electron chi connectivity index (χ1n) is 11.8. The highest BCUT2D eigenvalue weighted by atomic mass is 19.1. The minimum absolute atomic E-state index is 0.243. The van der Waals surface area contributed by atoms with E-state index in [1.807, 2.05) is 24.3 Å². The summed E-state index contributed by atoms with van der Waals surface area (Å²) < 4.78 is 26.4. The smallest absolute Gasteiger partial charge is 0.419 e. The van der Waals surface area contributed by atoms with Gasteiger partial charge in [0.15, 0.2) is 5.58 Å². The predicted octanol–water partition coefficient (Wildman–Crippen LogP) is 3.12. The maximum Gasteiger partial charge on any atom is 0.419 e. The summed E-state index contributed by atoms with van der Waals surface area (Å²) in [5.74, 6) is -0.128. The summed E-state index contributed by atoms with van der Waals surface area (Å²) in [5, 5.41) is 15.3. The van der Waals surface area contributed by atoms with Gasteiger partial charge in [-0.25, -0.2) is 9.18 Å². The molecular formula is C26H29FN4O4. The van der Waals surface area contributed by atoms with Crippen LogP contribution < -0.4 is 15.8 Å². The van der Waals surface area contributed by atoms with Crippen LogP contribution in [0.5, 0.6) is 5.75 Å². The lowest BCUT2D eigenvalue weighted by Gasteiger charge is -2.33. The molecular weight excluding hydrogens is 451 g/mol. The van der Waals surface area contributed by atoms with Gasteiger partial charge in [0, 0.05) is 49.4 Å². The lowest BCUT2D eigenvalue weighted by molar-refractivity contribution is 0.0948. The molecule has 3 heterocycles. The number of methoxy groups -OCH3 is 1. The van der Waals surface area contributed by atoms with Crippen LogP contribution in [0.25, 0.3) is 22.0 Å². The van der Waals surface area contributed by atoms with Gasteiger partial charge in [-0.1, -0.05) is 0 Å². The van der Waals surface area contributed by atoms with Gasteiger partial charge in [-0.2, -0.15) is 0 Å². The van der Waals surface area contributed by atoms with Gasteiger partial charge in [-0.15, -0.1) is 0 Å². The van der Waals surface area contributed by atoms with Gasteiger partial charge in [-0.3, -0.25) is 9.55 Å². The molecule has 2 aromatic carbocycles. The molecule has 2 aromatic heterocycles. The van der Waals surface area contributed by atoms with E-state index in [0.29, 0.717) is 29.8 Å². The first-order chi connectivity index (χ1) is 16.9. The molecule has 0 radical (unpaired) electrons. The largest absolute Gasteiger partial charge is 0.497 e. The first-order valence-corrected chi connectivity index (χ1v) is 11.8. The number of β-amino-alcohol motifs (C(OH)–C–C–N with tert-alkyl or cyclic N) is 1. The molecule has 8 nitrogen and oxygen atoms in total. The summed E-state index contributed by atoms with van der Waals surface area (Å²) in [6.45, 7) is 2.55. The molecule has 0 bridgehead atoms. The minimum Gasteiger partial charge on any atom is -0.497 e. The quantitative estimate of drug-likeness (QED) is 0.420. The van der Waals surface area contributed by atoms with Crippen LogP contribution in [0.4, 0.5) is 4.39 Å². The molecule has 1 fully saturated rings. The van der Waals surface area contributed by atoms with Crippen molar-refractivity contribution in [2.24, 2.45) is 7.05 Å². The zero-order valence-electron chi connectivity index (χ0n) is 19.8. The maximum atomic E-state index is 14.5. The zero-order chi connectivity index (χ0) is 24.5. The van der Waals surface area contributed by atoms with Crippen LogP contribution >= 0.6 is 0 Å². The average molecular weight is 481 g/mol. The summed E-state index contributed by atoms with van der Waals surface area (Å²) in [5.41, 5.74) is 2.98. The van der Waals surface area contributed by atoms with Crippen molar-refractivity contribution >= 4 is 22.0 Å². The summed E-state index contributed by atoms with van der Waals surface area (Å²) in [4.78, 5) is 18.3. The van der Waals surface area contributed by atoms with Gasteiger partial charge in [0.05, 0.1) is 24.2 Å². The summed E-state index contributed by atoms with van der Waals surface area (Å²) >= 11 is 0. The number of nitrogens with zero attached hydrogens (tertiary/aromatic N) is 3. The van der Waals surface area contributed by atoms with Crippen molar-refractivity contribution in [2.75, 3.05) is 26.7 Å². The van der Waals surface area contributed by atoms with Crippen LogP contribution in [-0.4, -0.2) is 52.3 Å². The number of aryl methyl sites for hydroxylation is 1. The molecule has 1 aliphatic heterocycles. The summed E-state index contributed by atoms with van der Waals surface area (Å²) in [6, 6.07) is 10.7. The Bertz CT molecular complexity index is 1410. The van der Waals surface area contributed by atoms with Crippen molar-refractivity contribution in [3.05, 3.63) is 70.1 Å². The maximum absolute atomic E-state index is 14.5. The van der Waals surface area contributed by atoms with Crippen LogP contribution in [-0.2, 0) is 13.6 Å². The second-order valence-corrected chi connectivity index (χ2v) is 9.09. The van der Waals surface area contributed by atoms with E-state index < -0.39 is 11.9 Å². The number of hydrogen-bond donors (Lipinski definition) is 2. The highest BCUT2D eigenvalue weighted by molar-refractivity contribution is 5.83. The molecule has 9 heteroatoms. The molecule has 5 rings (SSSR count). The topological polar surface area (TPSA) is 92.8 Å². The monoisotopic (exact) mass is 480 g/mol. The van der Waals surface area contributed by atoms with Crippen molar-refractivity contribution in [3.63, 3.8) is 0 Å². The Morgan fingerprint density at radius 1 is 1.26 bits per heavy atom. The Balaban J connectivity index is 1.18. The van der Waals surface area contributed by atoms with Gasteiger partial charge >= 0.3 is 5.76 Å². The highest BCUT2D eigenvalue weighted by Crippen LogP contribution is 2.28. The number of aliphatic hydroxyl groups is 1. The Morgan fingerprint density at radius 2 is 2.06 bits per heavy atom. The molecule has 2 N–H and O–H groups in total. The third-order valence-electron chi connectivity index (χ3n) is 6.90. The highest BCUT2D eigenvalue weighted by Gasteiger charge is 2.23. The normalized spacial score (nSPS) is 16.2. The number of pyridine rings is 1. The average Bonchev–Trinajstić information content (AvgIpc) is 3.14. The fraction of sp³-hybridized carbons (Fsp3) is 0.385. The number of aromatic nitrogens is 2. The number of piperidine rings is 1. The Hall–Kier alpha value is -3.27. The van der Waals surface area contributed by atoms with Crippen molar-refractivity contribution < 1.29 is 18.7 Å². The van der Waals surface area contributed by atoms with Gasteiger partial charge in [0.2, 0.25) is 0 Å². The van der Waals surface area contributed by atoms with Crippen molar-refractivity contribution in [3.8, 4) is 5.75 Å². The number of fused-ring (bicyclic) bond motifs is 2. The first kappa shape index (κ1) is 23.5. The van der Waals surface area contributed by atoms with E-state index >= 15 is 0 Å². The van der Waals surface area contributed by atoms with E-state index in [0.717, 1.165) is 48.1 Å². The van der Waals surface area contributed by atoms with Gasteiger partial charge in [-0.05, 0) is 61.8 Å². The van der Waals surface area contributed by atoms with E-state index in [4.69, 9.17) is 9.15 Å². The molecule has 0 amide bonds. The van der Waals surface area contributed by atoms with E-state index in [2.05, 4.69) is 15.2 Å². The van der Waals surface area contributed by atoms with Gasteiger partial charge in [0.25, 0.3) is 0 Å². The molecule has 184 valence electrons. The number of benzene rings is 2. The molecule has 0 spiro atoms. The van der Waals surface area contributed by atoms with Crippen molar-refractivity contribution in [2.45, 2.75) is 31.5 Å². The van der Waals surface area contributed by atoms with Crippen LogP contribution in [0, 0.1) is 5.82 Å². The second kappa shape index (κ2) is 9.77. The summed E-state index contributed by atoms with van der Waals surface area (Å²) in [6.07, 6.45) is 2.86. The van der Waals surface area contributed by atoms with E-state index in [-0.39, 0.29) is 11.9 Å². The van der Waals surface area contributed by atoms with Crippen LogP contribution in [0.15, 0.2) is 51.8 Å². The minimum atomic E-state index is -0.640. The van der Waals surface area contributed by atoms with Gasteiger partial charge < -0.3 is 24.5 Å². The van der Waals surface area contributed by atoms with E-state index in [9.17, 15) is 14.3 Å². The molecule has 1 atom stereocenters. The third-order valence-corrected chi connectivity index (χ3v) is 6.90. The molecule has 0 aliphatic carbocycles. The zero-order valence-corrected chi connectivity index (χ0v) is 19.8. The Kier molecular flexibility index (Phi) is 6.55. The molecule has 1 saturated heterocycles. The number of aliphatic hydroxyl groups excluding tert-OH is 1. The molecule has 4 aromatic rings. The fourth-order valence-electron chi connectivity index (χ4n) is 4.81. The number of likely N-dealkylation sites (tertiary alicyclic amines) is 1. The SMILES string of the molecule is COc1ccc2nccc([C@H](O)CN3CCC(NCc4cc5oc(=O)n(C)c5cc4F)CC3)c2c1. The number of nitrogens with one attached hydrogen (secondary N) is 1. The fourth-order valence-corrected chi connectivity index (χ4v) is 4.81. The number of hydrogen-bond acceptors (Lipinski definition) is 7. The molecule has 0 saturated carbocycles. The number of oxazole rings is 1. The Morgan fingerprint density at radius 3 is 2.83 bits per heavy atom. The number of halogens is 1. The van der Waals surface area contributed by atoms with Crippen LogP contribution in [0.3, 0.4) is 0 Å². The molecule has 0 unspecified atom stereocenters. The second-order valence-electron chi connectivity index (χ2n) is 9.09. The molecule has 35 heavy (non-hydrogen) atoms. The number of ether oxygens (including phenoxy) is 1. The van der Waals surface area contributed by atoms with Crippen molar-refractivity contribution in [1.82, 2.24) is 19.8 Å². The lowest BCUT2D eigenvalue weighted by Crippen LogP contribution is -2.43. The van der Waals surface area contributed by atoms with Crippen molar-refractivity contribution in [1.29, 1.82) is 0 Å². The molecule has 1 aliphatic rings. The third kappa shape index (κ3) is 4.80. The predicted molar refractivity (Wildman–Crippen MR) is 131 cm³/mol. The lowest BCUT2D eigenvalue weighted by atomic mass is 10.0. The van der Waals surface area contributed by atoms with Crippen LogP contribution in [0.2, 0.25) is 0 Å². The Labute approximate surface area is 201 Å². The van der Waals surface area contributed by atoms with Gasteiger partial charge in [0.1, 0.15) is 11.6 Å².